The van der Waals surface area contributed by atoms with E-state index in [1.807, 2.05) is 38.1 Å². The Balaban J connectivity index is 2.46. The van der Waals surface area contributed by atoms with E-state index in [4.69, 9.17) is 4.84 Å². The molecule has 0 aliphatic carbocycles. The van der Waals surface area contributed by atoms with Crippen LogP contribution in [0, 0.1) is 0 Å². The number of rotatable bonds is 3. The Hall–Kier alpha value is -1.68. The molecule has 4 nitrogen and oxygen atoms in total. The summed E-state index contributed by atoms with van der Waals surface area (Å²) in [7, 11) is 0. The number of para-hydroxylation sites is 1. The second-order valence-electron chi connectivity index (χ2n) is 3.54. The molecule has 0 fully saturated rings. The maximum atomic E-state index is 11.2. The minimum absolute atomic E-state index is 0.395. The molecule has 1 aliphatic heterocycles. The number of aldehydes is 1. The summed E-state index contributed by atoms with van der Waals surface area (Å²) in [4.78, 5) is 21.0. The van der Waals surface area contributed by atoms with Gasteiger partial charge in [-0.2, -0.15) is 0 Å². The number of carbonyl (C=O) groups is 1. The van der Waals surface area contributed by atoms with Crippen molar-refractivity contribution >= 4 is 17.8 Å². The maximum Gasteiger partial charge on any atom is 0.149 e. The van der Waals surface area contributed by atoms with E-state index in [2.05, 4.69) is 4.99 Å². The topological polar surface area (TPSA) is 41.9 Å². The number of hydroxylamine groups is 2. The van der Waals surface area contributed by atoms with E-state index in [1.165, 1.54) is 0 Å². The lowest BCUT2D eigenvalue weighted by molar-refractivity contribution is -0.142. The Morgan fingerprint density at radius 3 is 2.94 bits per heavy atom. The van der Waals surface area contributed by atoms with Gasteiger partial charge in [-0.05, 0) is 19.9 Å². The fourth-order valence-corrected chi connectivity index (χ4v) is 1.83. The van der Waals surface area contributed by atoms with Gasteiger partial charge in [0.15, 0.2) is 0 Å². The van der Waals surface area contributed by atoms with Crippen molar-refractivity contribution in [2.45, 2.75) is 19.9 Å². The lowest BCUT2D eigenvalue weighted by Gasteiger charge is -2.32. The summed E-state index contributed by atoms with van der Waals surface area (Å²) >= 11 is 0. The number of benzene rings is 1. The molecule has 0 radical (unpaired) electrons. The third kappa shape index (κ3) is 1.72. The number of amidine groups is 1. The molecule has 0 spiro atoms. The van der Waals surface area contributed by atoms with Gasteiger partial charge in [0, 0.05) is 5.56 Å². The molecule has 16 heavy (non-hydrogen) atoms. The second kappa shape index (κ2) is 4.45. The first-order chi connectivity index (χ1) is 7.77. The first-order valence-electron chi connectivity index (χ1n) is 5.29. The molecule has 1 atom stereocenters. The third-order valence-corrected chi connectivity index (χ3v) is 2.51. The molecule has 1 aliphatic rings. The summed E-state index contributed by atoms with van der Waals surface area (Å²) in [5.41, 5.74) is 1.73. The first-order valence-corrected chi connectivity index (χ1v) is 5.29. The lowest BCUT2D eigenvalue weighted by Crippen LogP contribution is -2.36. The van der Waals surface area contributed by atoms with Crippen LogP contribution in [0.4, 0.5) is 5.69 Å². The second-order valence-corrected chi connectivity index (χ2v) is 3.54. The Morgan fingerprint density at radius 1 is 1.50 bits per heavy atom. The van der Waals surface area contributed by atoms with Gasteiger partial charge in [-0.15, -0.1) is 0 Å². The molecule has 84 valence electrons. The van der Waals surface area contributed by atoms with Gasteiger partial charge in [0.2, 0.25) is 0 Å². The number of fused-ring (bicyclic) bond motifs is 1. The molecule has 0 N–H and O–H groups in total. The van der Waals surface area contributed by atoms with Crippen LogP contribution in [0.1, 0.15) is 25.5 Å². The van der Waals surface area contributed by atoms with Crippen LogP contribution in [0.2, 0.25) is 0 Å². The number of nitrogens with zero attached hydrogens (tertiary/aromatic N) is 2. The monoisotopic (exact) mass is 218 g/mol. The highest BCUT2D eigenvalue weighted by molar-refractivity contribution is 5.88. The van der Waals surface area contributed by atoms with Gasteiger partial charge in [-0.1, -0.05) is 18.2 Å². The summed E-state index contributed by atoms with van der Waals surface area (Å²) in [5.74, 6) is 0.706. The summed E-state index contributed by atoms with van der Waals surface area (Å²) in [6.45, 7) is 4.23. The smallest absolute Gasteiger partial charge is 0.149 e. The Labute approximate surface area is 94.5 Å². The first kappa shape index (κ1) is 10.8. The number of carbonyl (C=O) groups excluding carboxylic acids is 1. The zero-order chi connectivity index (χ0) is 11.5. The van der Waals surface area contributed by atoms with E-state index in [-0.39, 0.29) is 0 Å². The Bertz CT molecular complexity index is 429. The van der Waals surface area contributed by atoms with Crippen LogP contribution in [0.3, 0.4) is 0 Å². The van der Waals surface area contributed by atoms with Crippen LogP contribution in [0.5, 0.6) is 0 Å². The molecule has 4 heteroatoms. The molecule has 0 aromatic heterocycles. The van der Waals surface area contributed by atoms with Gasteiger partial charge in [0.05, 0.1) is 12.3 Å². The summed E-state index contributed by atoms with van der Waals surface area (Å²) in [6.07, 6.45) is 0.882. The molecule has 1 unspecified atom stereocenters. The van der Waals surface area contributed by atoms with Gasteiger partial charge >= 0.3 is 0 Å². The molecule has 1 aromatic rings. The van der Waals surface area contributed by atoms with Crippen molar-refractivity contribution in [2.24, 2.45) is 4.99 Å². The predicted octanol–water partition coefficient (Wildman–Crippen LogP) is 2.24. The molecule has 0 bridgehead atoms. The zero-order valence-corrected chi connectivity index (χ0v) is 9.38. The predicted molar refractivity (Wildman–Crippen MR) is 61.5 cm³/mol. The van der Waals surface area contributed by atoms with Crippen LogP contribution in [-0.4, -0.2) is 23.8 Å². The summed E-state index contributed by atoms with van der Waals surface area (Å²) < 4.78 is 0. The van der Waals surface area contributed by atoms with Gasteiger partial charge in [-0.25, -0.2) is 10.1 Å². The van der Waals surface area contributed by atoms with Gasteiger partial charge in [-0.3, -0.25) is 4.84 Å². The highest BCUT2D eigenvalue weighted by Crippen LogP contribution is 2.33. The van der Waals surface area contributed by atoms with Gasteiger partial charge in [0.1, 0.15) is 18.2 Å². The van der Waals surface area contributed by atoms with E-state index < -0.39 is 6.04 Å². The number of hydrogen-bond acceptors (Lipinski definition) is 4. The van der Waals surface area contributed by atoms with Crippen LogP contribution in [0.25, 0.3) is 0 Å². The molecule has 0 amide bonds. The minimum Gasteiger partial charge on any atom is -0.301 e. The van der Waals surface area contributed by atoms with E-state index in [0.717, 1.165) is 17.5 Å². The van der Waals surface area contributed by atoms with Crippen LogP contribution in [0.15, 0.2) is 29.3 Å². The molecule has 2 rings (SSSR count). The molecule has 1 heterocycles. The van der Waals surface area contributed by atoms with Crippen molar-refractivity contribution in [3.63, 3.8) is 0 Å². The fourth-order valence-electron chi connectivity index (χ4n) is 1.83. The molecule has 1 aromatic carbocycles. The van der Waals surface area contributed by atoms with E-state index in [9.17, 15) is 4.79 Å². The lowest BCUT2D eigenvalue weighted by atomic mass is 10.0. The maximum absolute atomic E-state index is 11.2. The van der Waals surface area contributed by atoms with Crippen LogP contribution >= 0.6 is 0 Å². The standard InChI is InChI=1S/C12H14N2O2/c1-3-16-14-9(2)13-11-7-5-4-6-10(11)12(14)8-15/h4-8,12H,3H2,1-2H3. The van der Waals surface area contributed by atoms with E-state index >= 15 is 0 Å². The highest BCUT2D eigenvalue weighted by atomic mass is 16.7. The van der Waals surface area contributed by atoms with Crippen molar-refractivity contribution in [2.75, 3.05) is 6.61 Å². The fraction of sp³-hybridized carbons (Fsp3) is 0.333. The Morgan fingerprint density at radius 2 is 2.25 bits per heavy atom. The third-order valence-electron chi connectivity index (χ3n) is 2.51. The van der Waals surface area contributed by atoms with Crippen molar-refractivity contribution in [1.82, 2.24) is 5.06 Å². The van der Waals surface area contributed by atoms with Crippen molar-refractivity contribution in [3.8, 4) is 0 Å². The van der Waals surface area contributed by atoms with E-state index in [0.29, 0.717) is 12.4 Å². The molecular weight excluding hydrogens is 204 g/mol. The number of hydrogen-bond donors (Lipinski definition) is 0. The van der Waals surface area contributed by atoms with E-state index in [1.54, 1.807) is 5.06 Å². The minimum atomic E-state index is -0.395. The van der Waals surface area contributed by atoms with Crippen molar-refractivity contribution in [3.05, 3.63) is 29.8 Å². The van der Waals surface area contributed by atoms with Crippen LogP contribution < -0.4 is 0 Å². The van der Waals surface area contributed by atoms with Gasteiger partial charge < -0.3 is 4.79 Å². The average Bonchev–Trinajstić information content (AvgIpc) is 2.30. The highest BCUT2D eigenvalue weighted by Gasteiger charge is 2.28. The molecular formula is C12H14N2O2. The molecule has 0 saturated carbocycles. The summed E-state index contributed by atoms with van der Waals surface area (Å²) in [5, 5.41) is 1.56. The molecule has 0 saturated heterocycles. The zero-order valence-electron chi connectivity index (χ0n) is 9.38. The quantitative estimate of drug-likeness (QED) is 0.731. The summed E-state index contributed by atoms with van der Waals surface area (Å²) in [6, 6.07) is 7.21. The van der Waals surface area contributed by atoms with Crippen molar-refractivity contribution < 1.29 is 9.63 Å². The average molecular weight is 218 g/mol. The number of aliphatic imine (C=N–C) groups is 1. The Kier molecular flexibility index (Phi) is 3.01. The normalized spacial score (nSPS) is 19.0. The van der Waals surface area contributed by atoms with Gasteiger partial charge in [0.25, 0.3) is 0 Å². The van der Waals surface area contributed by atoms with Crippen molar-refractivity contribution in [1.29, 1.82) is 0 Å². The SMILES string of the molecule is CCON1C(C)=Nc2ccccc2C1C=O. The largest absolute Gasteiger partial charge is 0.301 e. The van der Waals surface area contributed by atoms with Crippen LogP contribution in [-0.2, 0) is 9.63 Å².